The number of hydrogen-bond donors (Lipinski definition) is 1. The van der Waals surface area contributed by atoms with Crippen LogP contribution in [0.5, 0.6) is 0 Å². The minimum absolute atomic E-state index is 0.0284. The molecule has 0 spiro atoms. The van der Waals surface area contributed by atoms with Gasteiger partial charge in [0.15, 0.2) is 0 Å². The van der Waals surface area contributed by atoms with Crippen LogP contribution in [0.25, 0.3) is 0 Å². The maximum atomic E-state index is 12.6. The molecule has 0 aliphatic rings. The lowest BCUT2D eigenvalue weighted by molar-refractivity contribution is -0.137. The van der Waals surface area contributed by atoms with E-state index in [1.807, 2.05) is 0 Å². The highest BCUT2D eigenvalue weighted by molar-refractivity contribution is 9.10. The summed E-state index contributed by atoms with van der Waals surface area (Å²) in [6.07, 6.45) is -3.52. The molecule has 1 N–H and O–H groups in total. The van der Waals surface area contributed by atoms with E-state index in [2.05, 4.69) is 26.2 Å². The fourth-order valence-electron chi connectivity index (χ4n) is 1.50. The van der Waals surface area contributed by atoms with Gasteiger partial charge in [-0.15, -0.1) is 0 Å². The fourth-order valence-corrected chi connectivity index (χ4v) is 1.85. The molecule has 1 heterocycles. The van der Waals surface area contributed by atoms with Crippen LogP contribution in [0.15, 0.2) is 41.0 Å². The van der Waals surface area contributed by atoms with Crippen molar-refractivity contribution < 1.29 is 22.4 Å². The zero-order valence-corrected chi connectivity index (χ0v) is 11.8. The average Bonchev–Trinajstić information content (AvgIpc) is 2.40. The van der Waals surface area contributed by atoms with E-state index in [4.69, 9.17) is 0 Å². The number of anilines is 1. The Morgan fingerprint density at radius 3 is 2.48 bits per heavy atom. The Hall–Kier alpha value is -1.96. The van der Waals surface area contributed by atoms with Gasteiger partial charge in [-0.05, 0) is 46.3 Å². The number of alkyl halides is 3. The third-order valence-electron chi connectivity index (χ3n) is 2.53. The number of aromatic nitrogens is 1. The van der Waals surface area contributed by atoms with Gasteiger partial charge in [-0.3, -0.25) is 4.79 Å². The fraction of sp³-hybridized carbons (Fsp3) is 0.0769. The highest BCUT2D eigenvalue weighted by Crippen LogP contribution is 2.34. The lowest BCUT2D eigenvalue weighted by Gasteiger charge is -2.11. The van der Waals surface area contributed by atoms with Crippen LogP contribution in [0, 0.1) is 5.95 Å². The Morgan fingerprint density at radius 2 is 1.90 bits per heavy atom. The topological polar surface area (TPSA) is 42.0 Å². The number of benzene rings is 1. The minimum atomic E-state index is -4.52. The summed E-state index contributed by atoms with van der Waals surface area (Å²) in [5, 5.41) is 2.31. The van der Waals surface area contributed by atoms with Gasteiger partial charge in [-0.1, -0.05) is 0 Å². The Labute approximate surface area is 125 Å². The van der Waals surface area contributed by atoms with Gasteiger partial charge >= 0.3 is 6.18 Å². The van der Waals surface area contributed by atoms with E-state index in [0.29, 0.717) is 4.47 Å². The van der Waals surface area contributed by atoms with Crippen molar-refractivity contribution >= 4 is 27.5 Å². The van der Waals surface area contributed by atoms with Crippen molar-refractivity contribution in [1.82, 2.24) is 4.98 Å². The van der Waals surface area contributed by atoms with E-state index in [0.717, 1.165) is 24.4 Å². The van der Waals surface area contributed by atoms with Crippen LogP contribution in [0.1, 0.15) is 15.9 Å². The van der Waals surface area contributed by atoms with Gasteiger partial charge in [0.1, 0.15) is 0 Å². The first-order valence-corrected chi connectivity index (χ1v) is 6.36. The van der Waals surface area contributed by atoms with Crippen molar-refractivity contribution in [1.29, 1.82) is 0 Å². The Morgan fingerprint density at radius 1 is 1.19 bits per heavy atom. The molecule has 0 saturated heterocycles. The highest BCUT2D eigenvalue weighted by atomic mass is 79.9. The van der Waals surface area contributed by atoms with Crippen LogP contribution < -0.4 is 5.32 Å². The molecule has 8 heteroatoms. The van der Waals surface area contributed by atoms with Crippen LogP contribution >= 0.6 is 15.9 Å². The number of rotatable bonds is 2. The van der Waals surface area contributed by atoms with Crippen LogP contribution in [0.4, 0.5) is 23.2 Å². The third kappa shape index (κ3) is 3.78. The second-order valence-corrected chi connectivity index (χ2v) is 4.87. The Bertz CT molecular complexity index is 671. The summed E-state index contributed by atoms with van der Waals surface area (Å²) in [4.78, 5) is 15.2. The molecule has 2 aromatic rings. The number of nitrogens with one attached hydrogen (secondary N) is 1. The van der Waals surface area contributed by atoms with Crippen molar-refractivity contribution in [3.8, 4) is 0 Å². The molecule has 2 rings (SSSR count). The van der Waals surface area contributed by atoms with Gasteiger partial charge in [0, 0.05) is 10.7 Å². The first-order chi connectivity index (χ1) is 9.77. The lowest BCUT2D eigenvalue weighted by atomic mass is 10.2. The summed E-state index contributed by atoms with van der Waals surface area (Å²) in [6.45, 7) is 0. The number of hydrogen-bond acceptors (Lipinski definition) is 2. The summed E-state index contributed by atoms with van der Waals surface area (Å²) in [7, 11) is 0. The predicted molar refractivity (Wildman–Crippen MR) is 71.3 cm³/mol. The predicted octanol–water partition coefficient (Wildman–Crippen LogP) is 4.25. The second-order valence-electron chi connectivity index (χ2n) is 4.02. The quantitative estimate of drug-likeness (QED) is 0.640. The smallest absolute Gasteiger partial charge is 0.321 e. The normalized spacial score (nSPS) is 11.3. The lowest BCUT2D eigenvalue weighted by Crippen LogP contribution is -2.14. The minimum Gasteiger partial charge on any atom is -0.321 e. The molecule has 1 amide bonds. The molecule has 0 radical (unpaired) electrons. The third-order valence-corrected chi connectivity index (χ3v) is 3.22. The maximum absolute atomic E-state index is 12.6. The number of nitrogens with zero attached hydrogens (tertiary/aromatic N) is 1. The molecule has 0 aliphatic heterocycles. The SMILES string of the molecule is O=C(Nc1cc(C(F)(F)F)ccc1Br)c1ccc(F)nc1. The molecule has 1 aromatic heterocycles. The van der Waals surface area contributed by atoms with Gasteiger partial charge in [0.25, 0.3) is 5.91 Å². The summed E-state index contributed by atoms with van der Waals surface area (Å²) >= 11 is 3.05. The Kier molecular flexibility index (Phi) is 4.26. The molecule has 3 nitrogen and oxygen atoms in total. The standard InChI is InChI=1S/C13H7BrF4N2O/c14-9-3-2-8(13(16,17)18)5-10(9)20-12(21)7-1-4-11(15)19-6-7/h1-6H,(H,20,21). The number of carbonyl (C=O) groups excluding carboxylic acids is 1. The van der Waals surface area contributed by atoms with Gasteiger partial charge in [-0.2, -0.15) is 17.6 Å². The molecule has 1 aromatic carbocycles. The summed E-state index contributed by atoms with van der Waals surface area (Å²) in [5.41, 5.74) is -0.905. The van der Waals surface area contributed by atoms with Crippen LogP contribution in [-0.4, -0.2) is 10.9 Å². The van der Waals surface area contributed by atoms with Gasteiger partial charge < -0.3 is 5.32 Å². The summed E-state index contributed by atoms with van der Waals surface area (Å²) in [6, 6.07) is 5.04. The number of halogens is 5. The highest BCUT2D eigenvalue weighted by Gasteiger charge is 2.31. The van der Waals surface area contributed by atoms with E-state index in [-0.39, 0.29) is 11.3 Å². The first kappa shape index (κ1) is 15.4. The van der Waals surface area contributed by atoms with E-state index in [1.165, 1.54) is 12.1 Å². The monoisotopic (exact) mass is 362 g/mol. The molecule has 0 bridgehead atoms. The molecule has 0 saturated carbocycles. The van der Waals surface area contributed by atoms with Crippen molar-refractivity contribution in [2.75, 3.05) is 5.32 Å². The van der Waals surface area contributed by atoms with Crippen molar-refractivity contribution in [2.45, 2.75) is 6.18 Å². The largest absolute Gasteiger partial charge is 0.416 e. The van der Waals surface area contributed by atoms with E-state index < -0.39 is 23.6 Å². The van der Waals surface area contributed by atoms with Gasteiger partial charge in [0.05, 0.1) is 16.8 Å². The summed E-state index contributed by atoms with van der Waals surface area (Å²) in [5.74, 6) is -1.45. The zero-order chi connectivity index (χ0) is 15.6. The first-order valence-electron chi connectivity index (χ1n) is 5.57. The number of amides is 1. The van der Waals surface area contributed by atoms with Gasteiger partial charge in [0.2, 0.25) is 5.95 Å². The van der Waals surface area contributed by atoms with Crippen molar-refractivity contribution in [2.24, 2.45) is 0 Å². The van der Waals surface area contributed by atoms with Crippen molar-refractivity contribution in [3.63, 3.8) is 0 Å². The molecule has 0 atom stereocenters. The second kappa shape index (κ2) is 5.80. The van der Waals surface area contributed by atoms with Crippen LogP contribution in [0.2, 0.25) is 0 Å². The maximum Gasteiger partial charge on any atom is 0.416 e. The van der Waals surface area contributed by atoms with Crippen LogP contribution in [0.3, 0.4) is 0 Å². The molecule has 110 valence electrons. The molecular weight excluding hydrogens is 356 g/mol. The van der Waals surface area contributed by atoms with Crippen molar-refractivity contribution in [3.05, 3.63) is 58.1 Å². The number of carbonyl (C=O) groups is 1. The van der Waals surface area contributed by atoms with Gasteiger partial charge in [-0.25, -0.2) is 4.98 Å². The van der Waals surface area contributed by atoms with E-state index >= 15 is 0 Å². The van der Waals surface area contributed by atoms with E-state index in [1.54, 1.807) is 0 Å². The zero-order valence-electron chi connectivity index (χ0n) is 10.2. The van der Waals surface area contributed by atoms with E-state index in [9.17, 15) is 22.4 Å². The molecule has 0 aliphatic carbocycles. The molecular formula is C13H7BrF4N2O. The molecule has 0 unspecified atom stereocenters. The molecule has 21 heavy (non-hydrogen) atoms. The molecule has 0 fully saturated rings. The average molecular weight is 363 g/mol. The number of pyridine rings is 1. The summed E-state index contributed by atoms with van der Waals surface area (Å²) < 4.78 is 50.8. The Balaban J connectivity index is 2.26. The van der Waals surface area contributed by atoms with Crippen LogP contribution in [-0.2, 0) is 6.18 Å².